The summed E-state index contributed by atoms with van der Waals surface area (Å²) in [4.78, 5) is 28.9. The molecule has 6 nitrogen and oxygen atoms in total. The van der Waals surface area contributed by atoms with Gasteiger partial charge in [-0.25, -0.2) is 0 Å². The molecule has 30 heavy (non-hydrogen) atoms. The molecule has 2 heterocycles. The van der Waals surface area contributed by atoms with Gasteiger partial charge in [0.25, 0.3) is 5.91 Å². The Labute approximate surface area is 178 Å². The topological polar surface area (TPSA) is 63.6 Å². The Kier molecular flexibility index (Phi) is 5.76. The summed E-state index contributed by atoms with van der Waals surface area (Å²) in [6, 6.07) is 7.96. The molecule has 0 saturated heterocycles. The van der Waals surface area contributed by atoms with Gasteiger partial charge >= 0.3 is 0 Å². The smallest absolute Gasteiger partial charge is 0.271 e. The lowest BCUT2D eigenvalue weighted by molar-refractivity contribution is -0.133. The lowest BCUT2D eigenvalue weighted by Crippen LogP contribution is -2.65. The number of carbonyl (C=O) groups excluding carboxylic acids is 2. The van der Waals surface area contributed by atoms with Crippen LogP contribution in [0.4, 0.5) is 0 Å². The number of carbonyl (C=O) groups is 2. The minimum atomic E-state index is -0.915. The van der Waals surface area contributed by atoms with Crippen molar-refractivity contribution in [1.82, 2.24) is 14.8 Å². The Morgan fingerprint density at radius 2 is 1.93 bits per heavy atom. The summed E-state index contributed by atoms with van der Waals surface area (Å²) in [6.07, 6.45) is 7.66. The van der Waals surface area contributed by atoms with Crippen LogP contribution in [0.3, 0.4) is 0 Å². The van der Waals surface area contributed by atoms with Crippen LogP contribution < -0.4 is 10.1 Å². The third-order valence-electron chi connectivity index (χ3n) is 6.76. The number of aromatic nitrogens is 1. The van der Waals surface area contributed by atoms with Crippen LogP contribution >= 0.6 is 0 Å². The largest absolute Gasteiger partial charge is 0.497 e. The second kappa shape index (κ2) is 8.32. The summed E-state index contributed by atoms with van der Waals surface area (Å²) in [5.41, 5.74) is 0.662. The SMILES string of the molecule is CCCN1C(=O)c2cc3ccc(OC)cc3n2C[C@]1(C)C(=O)NC1CCCCCC1. The maximum atomic E-state index is 13.6. The van der Waals surface area contributed by atoms with E-state index in [0.717, 1.165) is 48.8 Å². The maximum absolute atomic E-state index is 13.6. The predicted octanol–water partition coefficient (Wildman–Crippen LogP) is 4.11. The molecule has 1 atom stereocenters. The highest BCUT2D eigenvalue weighted by atomic mass is 16.5. The van der Waals surface area contributed by atoms with Crippen molar-refractivity contribution in [3.8, 4) is 5.75 Å². The number of ether oxygens (including phenoxy) is 1. The van der Waals surface area contributed by atoms with Gasteiger partial charge in [-0.2, -0.15) is 0 Å². The van der Waals surface area contributed by atoms with Crippen LogP contribution in [0.15, 0.2) is 24.3 Å². The molecule has 0 spiro atoms. The van der Waals surface area contributed by atoms with Gasteiger partial charge in [0.15, 0.2) is 0 Å². The average Bonchev–Trinajstić information content (AvgIpc) is 2.91. The normalized spacial score (nSPS) is 22.6. The minimum Gasteiger partial charge on any atom is -0.497 e. The fourth-order valence-corrected chi connectivity index (χ4v) is 5.00. The second-order valence-electron chi connectivity index (χ2n) is 8.93. The van der Waals surface area contributed by atoms with Crippen LogP contribution in [-0.4, -0.2) is 46.5 Å². The molecular weight excluding hydrogens is 378 g/mol. The highest BCUT2D eigenvalue weighted by Gasteiger charge is 2.47. The van der Waals surface area contributed by atoms with Gasteiger partial charge in [-0.15, -0.1) is 0 Å². The molecule has 0 bridgehead atoms. The van der Waals surface area contributed by atoms with Crippen molar-refractivity contribution in [3.63, 3.8) is 0 Å². The van der Waals surface area contributed by atoms with E-state index >= 15 is 0 Å². The first-order valence-corrected chi connectivity index (χ1v) is 11.3. The van der Waals surface area contributed by atoms with Crippen molar-refractivity contribution in [1.29, 1.82) is 0 Å². The number of hydrogen-bond donors (Lipinski definition) is 1. The van der Waals surface area contributed by atoms with E-state index in [0.29, 0.717) is 18.8 Å². The number of nitrogens with zero attached hydrogens (tertiary/aromatic N) is 2. The molecule has 6 heteroatoms. The zero-order valence-corrected chi connectivity index (χ0v) is 18.4. The van der Waals surface area contributed by atoms with E-state index in [1.807, 2.05) is 42.7 Å². The summed E-state index contributed by atoms with van der Waals surface area (Å²) in [6.45, 7) is 4.98. The number of amides is 2. The lowest BCUT2D eigenvalue weighted by Gasteiger charge is -2.44. The van der Waals surface area contributed by atoms with E-state index < -0.39 is 5.54 Å². The quantitative estimate of drug-likeness (QED) is 0.753. The first-order valence-electron chi connectivity index (χ1n) is 11.3. The van der Waals surface area contributed by atoms with Crippen molar-refractivity contribution in [2.24, 2.45) is 0 Å². The Morgan fingerprint density at radius 1 is 1.20 bits per heavy atom. The fraction of sp³-hybridized carbons (Fsp3) is 0.583. The zero-order chi connectivity index (χ0) is 21.3. The van der Waals surface area contributed by atoms with Crippen LogP contribution in [0.2, 0.25) is 0 Å². The highest BCUT2D eigenvalue weighted by molar-refractivity contribution is 6.03. The van der Waals surface area contributed by atoms with E-state index in [2.05, 4.69) is 5.32 Å². The van der Waals surface area contributed by atoms with E-state index in [4.69, 9.17) is 4.74 Å². The van der Waals surface area contributed by atoms with Gasteiger partial charge in [-0.3, -0.25) is 9.59 Å². The molecule has 1 aromatic carbocycles. The summed E-state index contributed by atoms with van der Waals surface area (Å²) in [5, 5.41) is 4.29. The Morgan fingerprint density at radius 3 is 2.60 bits per heavy atom. The van der Waals surface area contributed by atoms with E-state index in [-0.39, 0.29) is 17.9 Å². The number of methoxy groups -OCH3 is 1. The molecule has 1 saturated carbocycles. The third kappa shape index (κ3) is 3.57. The summed E-state index contributed by atoms with van der Waals surface area (Å²) < 4.78 is 7.39. The van der Waals surface area contributed by atoms with E-state index in [9.17, 15) is 9.59 Å². The van der Waals surface area contributed by atoms with Crippen molar-refractivity contribution in [2.75, 3.05) is 13.7 Å². The molecule has 2 aromatic rings. The van der Waals surface area contributed by atoms with Crippen molar-refractivity contribution < 1.29 is 14.3 Å². The molecule has 1 N–H and O–H groups in total. The van der Waals surface area contributed by atoms with Gasteiger partial charge in [0, 0.05) is 24.0 Å². The number of benzene rings is 1. The van der Waals surface area contributed by atoms with Crippen molar-refractivity contribution >= 4 is 22.7 Å². The highest BCUT2D eigenvalue weighted by Crippen LogP contribution is 2.34. The lowest BCUT2D eigenvalue weighted by atomic mass is 9.93. The molecule has 1 fully saturated rings. The Hall–Kier alpha value is -2.50. The molecule has 1 aromatic heterocycles. The third-order valence-corrected chi connectivity index (χ3v) is 6.76. The van der Waals surface area contributed by atoms with Gasteiger partial charge < -0.3 is 19.5 Å². The summed E-state index contributed by atoms with van der Waals surface area (Å²) >= 11 is 0. The number of fused-ring (bicyclic) bond motifs is 3. The first-order chi connectivity index (χ1) is 14.5. The van der Waals surface area contributed by atoms with E-state index in [1.54, 1.807) is 12.0 Å². The van der Waals surface area contributed by atoms with Crippen LogP contribution in [0.5, 0.6) is 5.75 Å². The number of hydrogen-bond acceptors (Lipinski definition) is 3. The number of rotatable bonds is 5. The molecule has 1 aliphatic heterocycles. The Balaban J connectivity index is 1.71. The van der Waals surface area contributed by atoms with Gasteiger partial charge in [0.05, 0.1) is 19.2 Å². The molecule has 162 valence electrons. The second-order valence-corrected chi connectivity index (χ2v) is 8.93. The van der Waals surface area contributed by atoms with Gasteiger partial charge in [-0.1, -0.05) is 32.6 Å². The molecular formula is C24H33N3O3. The fourth-order valence-electron chi connectivity index (χ4n) is 5.00. The van der Waals surface area contributed by atoms with Gasteiger partial charge in [0.1, 0.15) is 17.0 Å². The predicted molar refractivity (Wildman–Crippen MR) is 118 cm³/mol. The van der Waals surface area contributed by atoms with Crippen LogP contribution in [0.1, 0.15) is 69.3 Å². The standard InChI is InChI=1S/C24H33N3O3/c1-4-13-27-22(28)21-14-17-11-12-19(30-3)15-20(17)26(21)16-24(27,2)23(29)25-18-9-7-5-6-8-10-18/h11-12,14-15,18H,4-10,13,16H2,1-3H3,(H,25,29)/t24-/m1/s1. The van der Waals surface area contributed by atoms with Crippen molar-refractivity contribution in [2.45, 2.75) is 76.9 Å². The summed E-state index contributed by atoms with van der Waals surface area (Å²) in [5.74, 6) is 0.639. The van der Waals surface area contributed by atoms with Gasteiger partial charge in [-0.05, 0) is 44.4 Å². The molecule has 2 amide bonds. The van der Waals surface area contributed by atoms with Crippen molar-refractivity contribution in [3.05, 3.63) is 30.0 Å². The van der Waals surface area contributed by atoms with Crippen LogP contribution in [0, 0.1) is 0 Å². The molecule has 4 rings (SSSR count). The zero-order valence-electron chi connectivity index (χ0n) is 18.4. The average molecular weight is 412 g/mol. The molecule has 0 unspecified atom stereocenters. The maximum Gasteiger partial charge on any atom is 0.271 e. The number of nitrogens with one attached hydrogen (secondary N) is 1. The molecule has 0 radical (unpaired) electrons. The first kappa shape index (κ1) is 20.8. The summed E-state index contributed by atoms with van der Waals surface area (Å²) in [7, 11) is 1.64. The monoisotopic (exact) mass is 411 g/mol. The minimum absolute atomic E-state index is 0.0356. The molecule has 2 aliphatic rings. The Bertz CT molecular complexity index is 943. The van der Waals surface area contributed by atoms with Crippen LogP contribution in [0.25, 0.3) is 10.9 Å². The van der Waals surface area contributed by atoms with Gasteiger partial charge in [0.2, 0.25) is 5.91 Å². The van der Waals surface area contributed by atoms with E-state index in [1.165, 1.54) is 12.8 Å². The molecule has 1 aliphatic carbocycles. The van der Waals surface area contributed by atoms with Crippen LogP contribution in [-0.2, 0) is 11.3 Å².